The Morgan fingerprint density at radius 1 is 1.44 bits per heavy atom. The van der Waals surface area contributed by atoms with E-state index in [1.807, 2.05) is 0 Å². The quantitative estimate of drug-likeness (QED) is 0.638. The summed E-state index contributed by atoms with van der Waals surface area (Å²) in [7, 11) is 0. The number of halogens is 3. The minimum Gasteiger partial charge on any atom is -0.508 e. The van der Waals surface area contributed by atoms with Gasteiger partial charge in [-0.05, 0) is 6.07 Å². The highest BCUT2D eigenvalue weighted by Crippen LogP contribution is 2.30. The van der Waals surface area contributed by atoms with Crippen LogP contribution < -0.4 is 5.73 Å². The van der Waals surface area contributed by atoms with E-state index in [2.05, 4.69) is 0 Å². The van der Waals surface area contributed by atoms with Crippen LogP contribution in [-0.4, -0.2) is 16.5 Å². The number of nitrogens with zero attached hydrogens (tertiary/aromatic N) is 1. The summed E-state index contributed by atoms with van der Waals surface area (Å²) >= 11 is 0. The first-order valence-electron chi connectivity index (χ1n) is 3.94. The molecule has 0 bridgehead atoms. The van der Waals surface area contributed by atoms with Crippen molar-refractivity contribution in [3.05, 3.63) is 33.9 Å². The number of nitro benzene ring substituents is 1. The molecule has 3 N–H and O–H groups in total. The van der Waals surface area contributed by atoms with E-state index in [0.717, 1.165) is 18.2 Å². The van der Waals surface area contributed by atoms with Gasteiger partial charge < -0.3 is 10.8 Å². The monoisotopic (exact) mass is 254 g/mol. The number of phenolic OH excluding ortho intramolecular Hbond substituents is 1. The molecule has 0 heterocycles. The van der Waals surface area contributed by atoms with Crippen LogP contribution in [0.5, 0.6) is 5.75 Å². The Bertz CT molecular complexity index is 390. The van der Waals surface area contributed by atoms with Crippen LogP contribution in [0.15, 0.2) is 18.2 Å². The van der Waals surface area contributed by atoms with Gasteiger partial charge in [0, 0.05) is 17.7 Å². The Labute approximate surface area is 95.4 Å². The number of hydrogen-bond donors (Lipinski definition) is 2. The Balaban J connectivity index is 0.00000225. The lowest BCUT2D eigenvalue weighted by Gasteiger charge is -2.11. The topological polar surface area (TPSA) is 89.4 Å². The lowest BCUT2D eigenvalue weighted by molar-refractivity contribution is -0.385. The molecule has 0 fully saturated rings. The summed E-state index contributed by atoms with van der Waals surface area (Å²) in [5.74, 6) is -0.478. The van der Waals surface area contributed by atoms with Crippen LogP contribution in [0.25, 0.3) is 0 Å². The summed E-state index contributed by atoms with van der Waals surface area (Å²) < 4.78 is 24.4. The van der Waals surface area contributed by atoms with E-state index >= 15 is 0 Å². The number of hydrogen-bond acceptors (Lipinski definition) is 4. The van der Waals surface area contributed by atoms with Crippen LogP contribution in [-0.2, 0) is 0 Å². The van der Waals surface area contributed by atoms with E-state index in [9.17, 15) is 24.0 Å². The molecule has 0 aliphatic rings. The van der Waals surface area contributed by atoms with Crippen molar-refractivity contribution in [2.75, 3.05) is 0 Å². The van der Waals surface area contributed by atoms with E-state index < -0.39 is 23.1 Å². The first-order valence-corrected chi connectivity index (χ1v) is 3.94. The summed E-state index contributed by atoms with van der Waals surface area (Å²) in [4.78, 5) is 9.60. The second-order valence-corrected chi connectivity index (χ2v) is 2.86. The molecule has 16 heavy (non-hydrogen) atoms. The Hall–Kier alpha value is -1.47. The van der Waals surface area contributed by atoms with Gasteiger partial charge in [-0.25, -0.2) is 8.78 Å². The van der Waals surface area contributed by atoms with Gasteiger partial charge in [0.1, 0.15) is 5.75 Å². The average Bonchev–Trinajstić information content (AvgIpc) is 2.16. The Kier molecular flexibility index (Phi) is 5.06. The summed E-state index contributed by atoms with van der Waals surface area (Å²) in [6, 6.07) is 1.09. The first kappa shape index (κ1) is 14.5. The van der Waals surface area contributed by atoms with E-state index in [1.54, 1.807) is 0 Å². The maximum absolute atomic E-state index is 12.2. The molecule has 0 spiro atoms. The molecule has 1 atom stereocenters. The van der Waals surface area contributed by atoms with Gasteiger partial charge in [-0.2, -0.15) is 0 Å². The lowest BCUT2D eigenvalue weighted by Crippen LogP contribution is -2.19. The molecule has 5 nitrogen and oxygen atoms in total. The van der Waals surface area contributed by atoms with Crippen molar-refractivity contribution in [1.82, 2.24) is 0 Å². The third-order valence-electron chi connectivity index (χ3n) is 1.85. The number of alkyl halides is 2. The van der Waals surface area contributed by atoms with Crippen molar-refractivity contribution in [3.8, 4) is 5.75 Å². The summed E-state index contributed by atoms with van der Waals surface area (Å²) in [5, 5.41) is 19.6. The van der Waals surface area contributed by atoms with Crippen molar-refractivity contribution in [2.45, 2.75) is 12.5 Å². The van der Waals surface area contributed by atoms with Gasteiger partial charge in [0.15, 0.2) is 0 Å². The number of phenols is 1. The molecule has 0 aliphatic heterocycles. The maximum atomic E-state index is 12.2. The molecule has 0 saturated heterocycles. The molecule has 0 unspecified atom stereocenters. The fourth-order valence-electron chi connectivity index (χ4n) is 1.06. The van der Waals surface area contributed by atoms with Crippen molar-refractivity contribution in [2.24, 2.45) is 5.73 Å². The van der Waals surface area contributed by atoms with E-state index in [-0.39, 0.29) is 23.7 Å². The molecule has 0 saturated carbocycles. The standard InChI is InChI=1S/C8H8F2N2O3.ClH/c9-8(10)7(11)5-3-4(12(14)15)1-2-6(5)13;/h1-3,7-8,13H,11H2;1H/t7-;/m0./s1. The van der Waals surface area contributed by atoms with Crippen LogP contribution in [0.2, 0.25) is 0 Å². The smallest absolute Gasteiger partial charge is 0.270 e. The van der Waals surface area contributed by atoms with Crippen LogP contribution >= 0.6 is 12.4 Å². The molecule has 0 aromatic heterocycles. The molecule has 1 rings (SSSR count). The lowest BCUT2D eigenvalue weighted by atomic mass is 10.1. The molecular formula is C8H9ClF2N2O3. The fraction of sp³-hybridized carbons (Fsp3) is 0.250. The molecule has 1 aromatic carbocycles. The number of nitrogens with two attached hydrogens (primary N) is 1. The first-order chi connectivity index (χ1) is 6.93. The highest BCUT2D eigenvalue weighted by molar-refractivity contribution is 5.85. The molecule has 0 aliphatic carbocycles. The van der Waals surface area contributed by atoms with Crippen molar-refractivity contribution in [3.63, 3.8) is 0 Å². The average molecular weight is 255 g/mol. The zero-order valence-electron chi connectivity index (χ0n) is 7.84. The van der Waals surface area contributed by atoms with Crippen LogP contribution in [0.1, 0.15) is 11.6 Å². The molecule has 0 amide bonds. The number of aromatic hydroxyl groups is 1. The van der Waals surface area contributed by atoms with Gasteiger partial charge in [0.25, 0.3) is 12.1 Å². The Morgan fingerprint density at radius 2 is 2.00 bits per heavy atom. The Morgan fingerprint density at radius 3 is 2.44 bits per heavy atom. The SMILES string of the molecule is Cl.N[C@@H](c1cc([N+](=O)[O-])ccc1O)C(F)F. The van der Waals surface area contributed by atoms with Gasteiger partial charge in [0.05, 0.1) is 11.0 Å². The van der Waals surface area contributed by atoms with E-state index in [4.69, 9.17) is 5.73 Å². The third-order valence-corrected chi connectivity index (χ3v) is 1.85. The summed E-state index contributed by atoms with van der Waals surface area (Å²) in [6.07, 6.45) is -2.89. The van der Waals surface area contributed by atoms with Crippen molar-refractivity contribution < 1.29 is 18.8 Å². The number of rotatable bonds is 3. The van der Waals surface area contributed by atoms with Crippen LogP contribution in [0.4, 0.5) is 14.5 Å². The van der Waals surface area contributed by atoms with Gasteiger partial charge in [-0.1, -0.05) is 0 Å². The molecule has 0 radical (unpaired) electrons. The van der Waals surface area contributed by atoms with E-state index in [0.29, 0.717) is 0 Å². The number of non-ortho nitro benzene ring substituents is 1. The highest BCUT2D eigenvalue weighted by atomic mass is 35.5. The normalized spacial score (nSPS) is 12.0. The van der Waals surface area contributed by atoms with E-state index in [1.165, 1.54) is 0 Å². The second-order valence-electron chi connectivity index (χ2n) is 2.86. The van der Waals surface area contributed by atoms with Gasteiger partial charge in [-0.15, -0.1) is 12.4 Å². The fourth-order valence-corrected chi connectivity index (χ4v) is 1.06. The van der Waals surface area contributed by atoms with Crippen LogP contribution in [0, 0.1) is 10.1 Å². The molecular weight excluding hydrogens is 246 g/mol. The predicted molar refractivity (Wildman–Crippen MR) is 54.9 cm³/mol. The van der Waals surface area contributed by atoms with Crippen LogP contribution in [0.3, 0.4) is 0 Å². The zero-order valence-corrected chi connectivity index (χ0v) is 8.66. The van der Waals surface area contributed by atoms with Crippen molar-refractivity contribution in [1.29, 1.82) is 0 Å². The summed E-state index contributed by atoms with van der Waals surface area (Å²) in [6.45, 7) is 0. The van der Waals surface area contributed by atoms with Gasteiger partial charge in [0.2, 0.25) is 0 Å². The highest BCUT2D eigenvalue weighted by Gasteiger charge is 2.23. The number of nitro groups is 1. The van der Waals surface area contributed by atoms with Gasteiger partial charge >= 0.3 is 0 Å². The van der Waals surface area contributed by atoms with Gasteiger partial charge in [-0.3, -0.25) is 10.1 Å². The predicted octanol–water partition coefficient (Wildman–Crippen LogP) is 1.99. The molecule has 8 heteroatoms. The maximum Gasteiger partial charge on any atom is 0.270 e. The van der Waals surface area contributed by atoms with Crippen molar-refractivity contribution >= 4 is 18.1 Å². The molecule has 1 aromatic rings. The largest absolute Gasteiger partial charge is 0.508 e. The number of benzene rings is 1. The minimum absolute atomic E-state index is 0. The molecule has 90 valence electrons. The minimum atomic E-state index is -2.89. The summed E-state index contributed by atoms with van der Waals surface area (Å²) in [5.41, 5.74) is 4.35. The third kappa shape index (κ3) is 3.01. The zero-order chi connectivity index (χ0) is 11.6. The second kappa shape index (κ2) is 5.57.